The maximum absolute atomic E-state index is 13.3. The summed E-state index contributed by atoms with van der Waals surface area (Å²) in [6, 6.07) is 15.2. The summed E-state index contributed by atoms with van der Waals surface area (Å²) in [6.45, 7) is 3.77. The number of imide groups is 2. The lowest BCUT2D eigenvalue weighted by Gasteiger charge is -2.27. The van der Waals surface area contributed by atoms with Gasteiger partial charge in [0, 0.05) is 61.8 Å². The first-order valence-electron chi connectivity index (χ1n) is 19.9. The second-order valence-electron chi connectivity index (χ2n) is 15.4. The number of unbranched alkanes of at least 4 members (excludes halogenated alkanes) is 2. The monoisotopic (exact) mass is 786 g/mol. The van der Waals surface area contributed by atoms with Gasteiger partial charge in [0.25, 0.3) is 17.7 Å². The zero-order valence-corrected chi connectivity index (χ0v) is 32.3. The standard InChI is InChI=1S/C42H46N10O6/c1-50-33-12-9-26(20-27(33)22-45-50)39(55)46-28-10-11-30-32(21-28)48-35(47-30)24-51-19-16-25(23-51)15-18-44-36(53)8-3-2-4-17-43-31-7-5-6-29-38(31)42(58)52(41(29)57)34-13-14-37(54)49-40(34)56/h5-7,9-12,20-22,25,34,43H,2-4,8,13-19,23-24H2,1H3,(H,44,53)(H,46,55)(H,47,48)(H,49,54,56). The molecule has 2 unspecified atom stereocenters. The zero-order valence-electron chi connectivity index (χ0n) is 32.3. The number of fused-ring (bicyclic) bond motifs is 3. The Morgan fingerprint density at radius 3 is 2.69 bits per heavy atom. The number of nitrogens with zero attached hydrogens (tertiary/aromatic N) is 5. The van der Waals surface area contributed by atoms with Crippen molar-refractivity contribution in [2.45, 2.75) is 64.0 Å². The zero-order chi connectivity index (χ0) is 40.3. The van der Waals surface area contributed by atoms with E-state index in [2.05, 4.69) is 36.2 Å². The number of likely N-dealkylation sites (tertiary alicyclic amines) is 1. The van der Waals surface area contributed by atoms with E-state index in [1.807, 2.05) is 37.4 Å². The van der Waals surface area contributed by atoms with Gasteiger partial charge in [-0.15, -0.1) is 0 Å². The topological polar surface area (TPSA) is 204 Å². The van der Waals surface area contributed by atoms with Crippen LogP contribution in [0.3, 0.4) is 0 Å². The molecule has 0 spiro atoms. The SMILES string of the molecule is Cn1ncc2cc(C(=O)Nc3ccc4[nH]c(CN5CCC(CCNC(=O)CCCCCNc6cccc7c6C(=O)N(C6CCC(=O)NC6=O)C7=O)C5)nc4c3)ccc21. The van der Waals surface area contributed by atoms with Gasteiger partial charge in [-0.3, -0.25) is 48.6 Å². The number of aromatic nitrogens is 4. The molecule has 8 rings (SSSR count). The Balaban J connectivity index is 0.716. The Labute approximate surface area is 334 Å². The largest absolute Gasteiger partial charge is 0.384 e. The number of rotatable bonds is 15. The van der Waals surface area contributed by atoms with Gasteiger partial charge in [-0.1, -0.05) is 12.5 Å². The first-order valence-corrected chi connectivity index (χ1v) is 19.9. The Bertz CT molecular complexity index is 2440. The molecule has 58 heavy (non-hydrogen) atoms. The molecule has 2 saturated heterocycles. The third kappa shape index (κ3) is 8.18. The van der Waals surface area contributed by atoms with Crippen molar-refractivity contribution in [3.63, 3.8) is 0 Å². The van der Waals surface area contributed by atoms with Crippen LogP contribution in [0.15, 0.2) is 60.8 Å². The molecule has 3 aliphatic rings. The number of anilines is 2. The molecule has 2 fully saturated rings. The predicted molar refractivity (Wildman–Crippen MR) is 216 cm³/mol. The third-order valence-corrected chi connectivity index (χ3v) is 11.3. The molecule has 16 heteroatoms. The number of piperidine rings is 1. The Kier molecular flexibility index (Phi) is 11.0. The number of aromatic amines is 1. The van der Waals surface area contributed by atoms with Gasteiger partial charge in [-0.2, -0.15) is 5.10 Å². The molecule has 0 bridgehead atoms. The molecule has 0 saturated carbocycles. The summed E-state index contributed by atoms with van der Waals surface area (Å²) < 4.78 is 1.77. The molecule has 300 valence electrons. The molecule has 6 amide bonds. The second-order valence-corrected chi connectivity index (χ2v) is 15.4. The minimum absolute atomic E-state index is 0.0359. The van der Waals surface area contributed by atoms with E-state index < -0.39 is 29.7 Å². The molecular weight excluding hydrogens is 741 g/mol. The van der Waals surface area contributed by atoms with E-state index in [-0.39, 0.29) is 35.8 Å². The van der Waals surface area contributed by atoms with Crippen molar-refractivity contribution in [3.05, 3.63) is 83.3 Å². The summed E-state index contributed by atoms with van der Waals surface area (Å²) in [6.07, 6.45) is 6.63. The number of H-pyrrole nitrogens is 1. The Hall–Kier alpha value is -6.42. The van der Waals surface area contributed by atoms with Gasteiger partial charge in [0.05, 0.1) is 40.4 Å². The molecule has 3 aromatic carbocycles. The van der Waals surface area contributed by atoms with E-state index >= 15 is 0 Å². The first-order chi connectivity index (χ1) is 28.1. The lowest BCUT2D eigenvalue weighted by atomic mass is 10.0. The van der Waals surface area contributed by atoms with Crippen LogP contribution in [0.1, 0.15) is 88.3 Å². The minimum atomic E-state index is -1.01. The van der Waals surface area contributed by atoms with E-state index in [0.29, 0.717) is 48.9 Å². The number of aryl methyl sites for hydroxylation is 1. The summed E-state index contributed by atoms with van der Waals surface area (Å²) in [7, 11) is 1.87. The van der Waals surface area contributed by atoms with Crippen molar-refractivity contribution in [3.8, 4) is 0 Å². The molecule has 0 radical (unpaired) electrons. The van der Waals surface area contributed by atoms with Gasteiger partial charge < -0.3 is 20.9 Å². The number of carbonyl (C=O) groups excluding carboxylic acids is 6. The van der Waals surface area contributed by atoms with E-state index in [1.165, 1.54) is 0 Å². The van der Waals surface area contributed by atoms with E-state index in [4.69, 9.17) is 4.98 Å². The molecule has 16 nitrogen and oxygen atoms in total. The number of amides is 6. The van der Waals surface area contributed by atoms with Crippen LogP contribution >= 0.6 is 0 Å². The fraction of sp³-hybridized carbons (Fsp3) is 0.381. The van der Waals surface area contributed by atoms with Crippen molar-refractivity contribution < 1.29 is 28.8 Å². The summed E-state index contributed by atoms with van der Waals surface area (Å²) in [5, 5.41) is 16.7. The van der Waals surface area contributed by atoms with Gasteiger partial charge in [0.1, 0.15) is 11.9 Å². The number of imidazole rings is 1. The van der Waals surface area contributed by atoms with Gasteiger partial charge in [0.2, 0.25) is 17.7 Å². The number of hydrogen-bond acceptors (Lipinski definition) is 10. The van der Waals surface area contributed by atoms with Gasteiger partial charge in [-0.25, -0.2) is 4.98 Å². The third-order valence-electron chi connectivity index (χ3n) is 11.3. The summed E-state index contributed by atoms with van der Waals surface area (Å²) in [4.78, 5) is 87.4. The Morgan fingerprint density at radius 2 is 1.83 bits per heavy atom. The average molecular weight is 787 g/mol. The molecule has 5 heterocycles. The molecule has 2 atom stereocenters. The van der Waals surface area contributed by atoms with Crippen LogP contribution in [-0.2, 0) is 28.0 Å². The lowest BCUT2D eigenvalue weighted by Crippen LogP contribution is -2.54. The van der Waals surface area contributed by atoms with Gasteiger partial charge in [0.15, 0.2) is 0 Å². The van der Waals surface area contributed by atoms with E-state index in [1.54, 1.807) is 35.1 Å². The lowest BCUT2D eigenvalue weighted by molar-refractivity contribution is -0.136. The number of carbonyl (C=O) groups is 6. The summed E-state index contributed by atoms with van der Waals surface area (Å²) >= 11 is 0. The normalized spacial score (nSPS) is 18.3. The van der Waals surface area contributed by atoms with Crippen LogP contribution in [0, 0.1) is 5.92 Å². The summed E-state index contributed by atoms with van der Waals surface area (Å²) in [5.41, 5.74) is 4.91. The fourth-order valence-corrected chi connectivity index (χ4v) is 8.20. The quantitative estimate of drug-likeness (QED) is 0.0760. The van der Waals surface area contributed by atoms with Gasteiger partial charge >= 0.3 is 0 Å². The maximum atomic E-state index is 13.3. The highest BCUT2D eigenvalue weighted by Gasteiger charge is 2.45. The number of hydrogen-bond donors (Lipinski definition) is 5. The van der Waals surface area contributed by atoms with Crippen molar-refractivity contribution in [2.24, 2.45) is 13.0 Å². The second kappa shape index (κ2) is 16.6. The molecule has 0 aliphatic carbocycles. The first kappa shape index (κ1) is 38.5. The highest BCUT2D eigenvalue weighted by Crippen LogP contribution is 2.32. The highest BCUT2D eigenvalue weighted by atomic mass is 16.2. The van der Waals surface area contributed by atoms with Crippen molar-refractivity contribution in [1.29, 1.82) is 0 Å². The van der Waals surface area contributed by atoms with Crippen LogP contribution in [0.2, 0.25) is 0 Å². The van der Waals surface area contributed by atoms with Crippen molar-refractivity contribution >= 4 is 68.8 Å². The Morgan fingerprint density at radius 1 is 0.948 bits per heavy atom. The van der Waals surface area contributed by atoms with Crippen LogP contribution < -0.4 is 21.3 Å². The van der Waals surface area contributed by atoms with Crippen LogP contribution in [0.4, 0.5) is 11.4 Å². The molecule has 2 aromatic heterocycles. The fourth-order valence-electron chi connectivity index (χ4n) is 8.20. The van der Waals surface area contributed by atoms with Crippen LogP contribution in [-0.4, -0.2) is 97.2 Å². The highest BCUT2D eigenvalue weighted by molar-refractivity contribution is 6.25. The van der Waals surface area contributed by atoms with Crippen molar-refractivity contribution in [1.82, 2.24) is 40.2 Å². The smallest absolute Gasteiger partial charge is 0.264 e. The molecule has 5 aromatic rings. The molecular formula is C42H46N10O6. The molecule has 5 N–H and O–H groups in total. The summed E-state index contributed by atoms with van der Waals surface area (Å²) in [5.74, 6) is -0.921. The van der Waals surface area contributed by atoms with E-state index in [9.17, 15) is 28.8 Å². The minimum Gasteiger partial charge on any atom is -0.384 e. The van der Waals surface area contributed by atoms with Crippen LogP contribution in [0.25, 0.3) is 21.9 Å². The average Bonchev–Trinajstić information content (AvgIpc) is 3.98. The van der Waals surface area contributed by atoms with Crippen LogP contribution in [0.5, 0.6) is 0 Å². The van der Waals surface area contributed by atoms with Crippen molar-refractivity contribution in [2.75, 3.05) is 36.8 Å². The van der Waals surface area contributed by atoms with Gasteiger partial charge in [-0.05, 0) is 93.1 Å². The number of benzene rings is 3. The van der Waals surface area contributed by atoms with E-state index in [0.717, 1.165) is 77.9 Å². The number of nitrogens with one attached hydrogen (secondary N) is 5. The molecule has 3 aliphatic heterocycles. The maximum Gasteiger partial charge on any atom is 0.264 e. The predicted octanol–water partition coefficient (Wildman–Crippen LogP) is 4.10.